The minimum absolute atomic E-state index is 0.136. The third-order valence-corrected chi connectivity index (χ3v) is 5.58. The topological polar surface area (TPSA) is 76.7 Å². The monoisotopic (exact) mass is 455 g/mol. The van der Waals surface area contributed by atoms with Crippen molar-refractivity contribution in [1.82, 2.24) is 14.9 Å². The molecule has 0 radical (unpaired) electrons. The van der Waals surface area contributed by atoms with E-state index in [1.54, 1.807) is 19.1 Å². The SMILES string of the molecule is COc1ccc(-c2nc(C(C)(C)N(C(=O)OS)C(C)C)[nH]c2-c2ccc(OC)cc2)cc1. The number of carbonyl (C=O) groups is 1. The van der Waals surface area contributed by atoms with Crippen LogP contribution in [0.15, 0.2) is 48.5 Å². The first-order valence-corrected chi connectivity index (χ1v) is 10.6. The van der Waals surface area contributed by atoms with E-state index in [1.807, 2.05) is 76.2 Å². The number of imidazole rings is 1. The highest BCUT2D eigenvalue weighted by atomic mass is 32.1. The number of hydrogen-bond acceptors (Lipinski definition) is 6. The maximum atomic E-state index is 12.5. The summed E-state index contributed by atoms with van der Waals surface area (Å²) in [4.78, 5) is 22.5. The summed E-state index contributed by atoms with van der Waals surface area (Å²) in [6.45, 7) is 7.69. The van der Waals surface area contributed by atoms with Gasteiger partial charge in [-0.25, -0.2) is 9.78 Å². The molecule has 170 valence electrons. The van der Waals surface area contributed by atoms with Crippen molar-refractivity contribution < 1.29 is 18.5 Å². The van der Waals surface area contributed by atoms with Crippen LogP contribution in [0.25, 0.3) is 22.5 Å². The number of methoxy groups -OCH3 is 2. The first-order valence-electron chi connectivity index (χ1n) is 10.3. The Morgan fingerprint density at radius 1 is 0.969 bits per heavy atom. The van der Waals surface area contributed by atoms with Crippen LogP contribution in [0, 0.1) is 0 Å². The van der Waals surface area contributed by atoms with Gasteiger partial charge in [0.2, 0.25) is 0 Å². The van der Waals surface area contributed by atoms with Crippen LogP contribution in [-0.2, 0) is 9.72 Å². The molecule has 3 aromatic rings. The predicted molar refractivity (Wildman–Crippen MR) is 128 cm³/mol. The minimum Gasteiger partial charge on any atom is -0.497 e. The van der Waals surface area contributed by atoms with Crippen molar-refractivity contribution in [3.63, 3.8) is 0 Å². The van der Waals surface area contributed by atoms with Crippen LogP contribution in [0.5, 0.6) is 11.5 Å². The van der Waals surface area contributed by atoms with Gasteiger partial charge in [0, 0.05) is 30.1 Å². The number of carbonyl (C=O) groups excluding carboxylic acids is 1. The number of hydrogen-bond donors (Lipinski definition) is 2. The summed E-state index contributed by atoms with van der Waals surface area (Å²) >= 11 is 3.73. The van der Waals surface area contributed by atoms with E-state index >= 15 is 0 Å². The number of thiol groups is 1. The van der Waals surface area contributed by atoms with Gasteiger partial charge in [-0.2, -0.15) is 0 Å². The molecule has 0 aliphatic heterocycles. The molecule has 0 unspecified atom stereocenters. The van der Waals surface area contributed by atoms with E-state index in [0.29, 0.717) is 5.82 Å². The molecule has 1 N–H and O–H groups in total. The van der Waals surface area contributed by atoms with E-state index < -0.39 is 11.6 Å². The van der Waals surface area contributed by atoms with E-state index in [1.165, 1.54) is 0 Å². The van der Waals surface area contributed by atoms with E-state index in [9.17, 15) is 4.79 Å². The fourth-order valence-corrected chi connectivity index (χ4v) is 3.92. The molecule has 0 spiro atoms. The molecule has 3 rings (SSSR count). The van der Waals surface area contributed by atoms with E-state index in [-0.39, 0.29) is 6.04 Å². The number of nitrogens with zero attached hydrogens (tertiary/aromatic N) is 2. The van der Waals surface area contributed by atoms with Crippen molar-refractivity contribution in [2.75, 3.05) is 14.2 Å². The number of aromatic nitrogens is 2. The fraction of sp³-hybridized carbons (Fsp3) is 0.333. The number of amides is 1. The van der Waals surface area contributed by atoms with E-state index in [4.69, 9.17) is 18.6 Å². The third kappa shape index (κ3) is 4.55. The lowest BCUT2D eigenvalue weighted by atomic mass is 10.0. The van der Waals surface area contributed by atoms with Gasteiger partial charge in [0.05, 0.1) is 31.1 Å². The number of aromatic amines is 1. The van der Waals surface area contributed by atoms with Crippen LogP contribution in [0.2, 0.25) is 0 Å². The Morgan fingerprint density at radius 2 is 1.47 bits per heavy atom. The zero-order valence-electron chi connectivity index (χ0n) is 19.2. The second kappa shape index (κ2) is 9.56. The van der Waals surface area contributed by atoms with Gasteiger partial charge in [0.15, 0.2) is 0 Å². The zero-order valence-corrected chi connectivity index (χ0v) is 20.1. The van der Waals surface area contributed by atoms with Gasteiger partial charge in [-0.15, -0.1) is 0 Å². The highest BCUT2D eigenvalue weighted by molar-refractivity contribution is 7.75. The fourth-order valence-electron chi connectivity index (χ4n) is 3.83. The highest BCUT2D eigenvalue weighted by Crippen LogP contribution is 2.37. The average Bonchev–Trinajstić information content (AvgIpc) is 3.25. The van der Waals surface area contributed by atoms with Crippen LogP contribution in [0.4, 0.5) is 4.79 Å². The molecule has 0 fully saturated rings. The number of nitrogens with one attached hydrogen (secondary N) is 1. The predicted octanol–water partition coefficient (Wildman–Crippen LogP) is 5.69. The molecule has 0 saturated carbocycles. The summed E-state index contributed by atoms with van der Waals surface area (Å²) in [7, 11) is 3.27. The quantitative estimate of drug-likeness (QED) is 0.354. The smallest absolute Gasteiger partial charge is 0.422 e. The molecule has 8 heteroatoms. The van der Waals surface area contributed by atoms with Crippen LogP contribution < -0.4 is 9.47 Å². The molecule has 32 heavy (non-hydrogen) atoms. The highest BCUT2D eigenvalue weighted by Gasteiger charge is 2.39. The maximum absolute atomic E-state index is 12.5. The summed E-state index contributed by atoms with van der Waals surface area (Å²) in [5, 5.41) is 0. The molecule has 1 aromatic heterocycles. The van der Waals surface area contributed by atoms with E-state index in [2.05, 4.69) is 17.9 Å². The Kier molecular flexibility index (Phi) is 7.03. The summed E-state index contributed by atoms with van der Waals surface area (Å²) in [6, 6.07) is 15.3. The second-order valence-corrected chi connectivity index (χ2v) is 8.33. The van der Waals surface area contributed by atoms with Crippen LogP contribution in [0.3, 0.4) is 0 Å². The van der Waals surface area contributed by atoms with Crippen molar-refractivity contribution in [3.8, 4) is 34.0 Å². The van der Waals surface area contributed by atoms with Gasteiger partial charge >= 0.3 is 6.09 Å². The number of ether oxygens (including phenoxy) is 2. The van der Waals surface area contributed by atoms with Crippen molar-refractivity contribution in [2.24, 2.45) is 0 Å². The van der Waals surface area contributed by atoms with E-state index in [0.717, 1.165) is 34.0 Å². The zero-order chi connectivity index (χ0) is 23.5. The Labute approximate surface area is 194 Å². The van der Waals surface area contributed by atoms with Crippen LogP contribution >= 0.6 is 12.9 Å². The first kappa shape index (κ1) is 23.5. The maximum Gasteiger partial charge on any atom is 0.422 e. The number of H-pyrrole nitrogens is 1. The van der Waals surface area contributed by atoms with Gasteiger partial charge in [0.25, 0.3) is 0 Å². The Morgan fingerprint density at radius 3 is 1.91 bits per heavy atom. The Bertz CT molecular complexity index is 995. The average molecular weight is 456 g/mol. The van der Waals surface area contributed by atoms with Crippen LogP contribution in [-0.4, -0.2) is 41.2 Å². The lowest BCUT2D eigenvalue weighted by molar-refractivity contribution is 0.0775. The molecule has 0 aliphatic rings. The molecule has 1 amide bonds. The second-order valence-electron chi connectivity index (χ2n) is 8.15. The lowest BCUT2D eigenvalue weighted by Gasteiger charge is -2.38. The Balaban J connectivity index is 2.17. The Hall–Kier alpha value is -3.13. The number of rotatable bonds is 7. The van der Waals surface area contributed by atoms with Crippen molar-refractivity contribution in [2.45, 2.75) is 39.3 Å². The van der Waals surface area contributed by atoms with Gasteiger partial charge in [-0.3, -0.25) is 4.90 Å². The summed E-state index contributed by atoms with van der Waals surface area (Å²) in [5.74, 6) is 2.15. The molecule has 0 bridgehead atoms. The molecule has 0 aliphatic carbocycles. The normalized spacial score (nSPS) is 11.4. The molecule has 0 saturated heterocycles. The molecule has 2 aromatic carbocycles. The summed E-state index contributed by atoms with van der Waals surface area (Å²) in [6.07, 6.45) is -0.540. The molecule has 1 heterocycles. The largest absolute Gasteiger partial charge is 0.497 e. The summed E-state index contributed by atoms with van der Waals surface area (Å²) < 4.78 is 15.3. The van der Waals surface area contributed by atoms with Crippen molar-refractivity contribution >= 4 is 19.0 Å². The van der Waals surface area contributed by atoms with Crippen molar-refractivity contribution in [3.05, 3.63) is 54.4 Å². The lowest BCUT2D eigenvalue weighted by Crippen LogP contribution is -2.49. The minimum atomic E-state index is -0.792. The molecular formula is C24H29N3O4S. The molecular weight excluding hydrogens is 426 g/mol. The summed E-state index contributed by atoms with van der Waals surface area (Å²) in [5.41, 5.74) is 2.68. The van der Waals surface area contributed by atoms with Crippen molar-refractivity contribution in [1.29, 1.82) is 0 Å². The van der Waals surface area contributed by atoms with Gasteiger partial charge in [-0.1, -0.05) is 0 Å². The van der Waals surface area contributed by atoms with Crippen LogP contribution in [0.1, 0.15) is 33.5 Å². The third-order valence-electron chi connectivity index (χ3n) is 5.42. The first-order chi connectivity index (χ1) is 15.2. The van der Waals surface area contributed by atoms with Gasteiger partial charge < -0.3 is 18.6 Å². The van der Waals surface area contributed by atoms with Gasteiger partial charge in [0.1, 0.15) is 17.3 Å². The molecule has 0 atom stereocenters. The standard InChI is InChI=1S/C24H29N3O4S/c1-15(2)27(23(28)31-32)24(3,4)22-25-20(16-7-11-18(29-5)12-8-16)21(26-22)17-9-13-19(30-6)14-10-17/h7-15,32H,1-6H3,(H,25,26). The molecule has 7 nitrogen and oxygen atoms in total. The van der Waals surface area contributed by atoms with Gasteiger partial charge in [-0.05, 0) is 76.2 Å². The number of benzene rings is 2.